The number of benzene rings is 2. The van der Waals surface area contributed by atoms with E-state index in [0.29, 0.717) is 16.0 Å². The van der Waals surface area contributed by atoms with E-state index in [1.54, 1.807) is 12.1 Å². The number of nitriles is 1. The molecule has 0 aliphatic heterocycles. The lowest BCUT2D eigenvalue weighted by Crippen LogP contribution is -1.99. The van der Waals surface area contributed by atoms with Crippen LogP contribution in [0, 0.1) is 24.1 Å². The third kappa shape index (κ3) is 3.27. The maximum absolute atomic E-state index is 13.6. The number of halogens is 1. The van der Waals surface area contributed by atoms with Crippen LogP contribution in [0.2, 0.25) is 0 Å². The molecule has 0 heterocycles. The van der Waals surface area contributed by atoms with E-state index < -0.39 is 16.6 Å². The zero-order valence-corrected chi connectivity index (χ0v) is 11.2. The van der Waals surface area contributed by atoms with Crippen LogP contribution in [0.4, 0.5) is 4.39 Å². The van der Waals surface area contributed by atoms with Gasteiger partial charge in [0.05, 0.1) is 28.2 Å². The minimum Gasteiger partial charge on any atom is -0.254 e. The number of nitrogens with zero attached hydrogens (tertiary/aromatic N) is 1. The molecule has 1 atom stereocenters. The fourth-order valence-electron chi connectivity index (χ4n) is 1.67. The molecule has 0 fully saturated rings. The van der Waals surface area contributed by atoms with E-state index in [2.05, 4.69) is 0 Å². The summed E-state index contributed by atoms with van der Waals surface area (Å²) in [5.41, 5.74) is 1.76. The molecule has 0 amide bonds. The van der Waals surface area contributed by atoms with Gasteiger partial charge in [-0.3, -0.25) is 4.21 Å². The highest BCUT2D eigenvalue weighted by Crippen LogP contribution is 2.17. The van der Waals surface area contributed by atoms with E-state index in [0.717, 1.165) is 5.56 Å². The van der Waals surface area contributed by atoms with Crippen LogP contribution in [0.1, 0.15) is 16.7 Å². The Morgan fingerprint density at radius 3 is 2.53 bits per heavy atom. The summed E-state index contributed by atoms with van der Waals surface area (Å²) in [5, 5.41) is 8.79. The Hall–Kier alpha value is -1.99. The first-order valence-corrected chi connectivity index (χ1v) is 7.05. The van der Waals surface area contributed by atoms with Gasteiger partial charge in [-0.05, 0) is 37.3 Å². The molecule has 0 aromatic heterocycles. The molecule has 96 valence electrons. The SMILES string of the molecule is Cc1ccc(S(=O)Cc2cc(C#N)ccc2F)cc1. The van der Waals surface area contributed by atoms with Crippen LogP contribution in [0.15, 0.2) is 47.4 Å². The second-order valence-corrected chi connectivity index (χ2v) is 5.67. The number of rotatable bonds is 3. The zero-order chi connectivity index (χ0) is 13.8. The fraction of sp³-hybridized carbons (Fsp3) is 0.133. The smallest absolute Gasteiger partial charge is 0.127 e. The number of hydrogen-bond acceptors (Lipinski definition) is 2. The summed E-state index contributed by atoms with van der Waals surface area (Å²) in [6, 6.07) is 13.3. The molecule has 0 bridgehead atoms. The largest absolute Gasteiger partial charge is 0.254 e. The zero-order valence-electron chi connectivity index (χ0n) is 10.4. The van der Waals surface area contributed by atoms with E-state index in [4.69, 9.17) is 5.26 Å². The molecule has 2 aromatic carbocycles. The van der Waals surface area contributed by atoms with E-state index in [1.165, 1.54) is 18.2 Å². The average molecular weight is 273 g/mol. The highest BCUT2D eigenvalue weighted by atomic mass is 32.2. The van der Waals surface area contributed by atoms with Gasteiger partial charge in [0.25, 0.3) is 0 Å². The average Bonchev–Trinajstić information content (AvgIpc) is 2.42. The predicted octanol–water partition coefficient (Wildman–Crippen LogP) is 3.31. The maximum atomic E-state index is 13.6. The van der Waals surface area contributed by atoms with Crippen LogP contribution in [-0.4, -0.2) is 4.21 Å². The Bertz CT molecular complexity index is 659. The molecular formula is C15H12FNOS. The lowest BCUT2D eigenvalue weighted by molar-refractivity contribution is 0.615. The van der Waals surface area contributed by atoms with Crippen molar-refractivity contribution in [1.82, 2.24) is 0 Å². The second-order valence-electron chi connectivity index (χ2n) is 4.22. The second kappa shape index (κ2) is 5.77. The fourth-order valence-corrected chi connectivity index (χ4v) is 2.78. The molecule has 4 heteroatoms. The van der Waals surface area contributed by atoms with Crippen molar-refractivity contribution in [2.24, 2.45) is 0 Å². The summed E-state index contributed by atoms with van der Waals surface area (Å²) in [7, 11) is -1.31. The van der Waals surface area contributed by atoms with Gasteiger partial charge < -0.3 is 0 Å². The number of aryl methyl sites for hydroxylation is 1. The van der Waals surface area contributed by atoms with Crippen LogP contribution >= 0.6 is 0 Å². The van der Waals surface area contributed by atoms with E-state index >= 15 is 0 Å². The van der Waals surface area contributed by atoms with Gasteiger partial charge in [0.2, 0.25) is 0 Å². The number of hydrogen-bond donors (Lipinski definition) is 0. The molecule has 0 spiro atoms. The van der Waals surface area contributed by atoms with Crippen LogP contribution in [0.25, 0.3) is 0 Å². The molecule has 0 N–H and O–H groups in total. The van der Waals surface area contributed by atoms with Crippen molar-refractivity contribution in [2.45, 2.75) is 17.6 Å². The first-order chi connectivity index (χ1) is 9.10. The van der Waals surface area contributed by atoms with E-state index in [-0.39, 0.29) is 5.75 Å². The quantitative estimate of drug-likeness (QED) is 0.860. The van der Waals surface area contributed by atoms with Crippen LogP contribution < -0.4 is 0 Å². The Morgan fingerprint density at radius 2 is 1.89 bits per heavy atom. The van der Waals surface area contributed by atoms with Gasteiger partial charge in [0.1, 0.15) is 5.82 Å². The maximum Gasteiger partial charge on any atom is 0.127 e. The van der Waals surface area contributed by atoms with Gasteiger partial charge in [-0.1, -0.05) is 17.7 Å². The molecule has 2 rings (SSSR count). The Labute approximate surface area is 114 Å². The van der Waals surface area contributed by atoms with Gasteiger partial charge in [-0.2, -0.15) is 5.26 Å². The summed E-state index contributed by atoms with van der Waals surface area (Å²) >= 11 is 0. The highest BCUT2D eigenvalue weighted by Gasteiger charge is 2.10. The highest BCUT2D eigenvalue weighted by molar-refractivity contribution is 7.84. The van der Waals surface area contributed by atoms with Gasteiger partial charge in [0, 0.05) is 10.5 Å². The van der Waals surface area contributed by atoms with Gasteiger partial charge in [0.15, 0.2) is 0 Å². The molecule has 2 aromatic rings. The molecule has 0 aliphatic rings. The van der Waals surface area contributed by atoms with Crippen molar-refractivity contribution in [1.29, 1.82) is 5.26 Å². The Morgan fingerprint density at radius 1 is 1.21 bits per heavy atom. The third-order valence-corrected chi connectivity index (χ3v) is 4.12. The van der Waals surface area contributed by atoms with E-state index in [9.17, 15) is 8.60 Å². The molecule has 1 unspecified atom stereocenters. The first-order valence-electron chi connectivity index (χ1n) is 5.74. The summed E-state index contributed by atoms with van der Waals surface area (Å²) in [5.74, 6) is -0.357. The molecule has 0 aliphatic carbocycles. The minimum absolute atomic E-state index is 0.0738. The molecule has 19 heavy (non-hydrogen) atoms. The molecule has 0 saturated heterocycles. The Balaban J connectivity index is 2.24. The van der Waals surface area contributed by atoms with Crippen LogP contribution in [0.5, 0.6) is 0 Å². The Kier molecular flexibility index (Phi) is 4.08. The van der Waals surface area contributed by atoms with Crippen molar-refractivity contribution in [2.75, 3.05) is 0 Å². The topological polar surface area (TPSA) is 40.9 Å². The van der Waals surface area contributed by atoms with Gasteiger partial charge >= 0.3 is 0 Å². The van der Waals surface area contributed by atoms with Crippen molar-refractivity contribution < 1.29 is 8.60 Å². The molecular weight excluding hydrogens is 261 g/mol. The van der Waals surface area contributed by atoms with Gasteiger partial charge in [-0.15, -0.1) is 0 Å². The van der Waals surface area contributed by atoms with Crippen molar-refractivity contribution >= 4 is 10.8 Å². The summed E-state index contributed by atoms with van der Waals surface area (Å²) in [6.07, 6.45) is 0. The summed E-state index contributed by atoms with van der Waals surface area (Å²) in [6.45, 7) is 1.95. The van der Waals surface area contributed by atoms with E-state index in [1.807, 2.05) is 25.1 Å². The standard InChI is InChI=1S/C15H12FNOS/c1-11-2-5-14(6-3-11)19(18)10-13-8-12(9-17)4-7-15(13)16/h2-8H,10H2,1H3. The molecule has 2 nitrogen and oxygen atoms in total. The normalized spacial score (nSPS) is 11.8. The first kappa shape index (κ1) is 13.4. The lowest BCUT2D eigenvalue weighted by Gasteiger charge is -2.05. The van der Waals surface area contributed by atoms with Crippen LogP contribution in [-0.2, 0) is 16.6 Å². The van der Waals surface area contributed by atoms with Crippen molar-refractivity contribution in [3.05, 3.63) is 65.0 Å². The molecule has 0 radical (unpaired) electrons. The van der Waals surface area contributed by atoms with Crippen molar-refractivity contribution in [3.8, 4) is 6.07 Å². The monoisotopic (exact) mass is 273 g/mol. The summed E-state index contributed by atoms with van der Waals surface area (Å²) in [4.78, 5) is 0.660. The summed E-state index contributed by atoms with van der Waals surface area (Å²) < 4.78 is 25.7. The lowest BCUT2D eigenvalue weighted by atomic mass is 10.1. The van der Waals surface area contributed by atoms with Crippen molar-refractivity contribution in [3.63, 3.8) is 0 Å². The predicted molar refractivity (Wildman–Crippen MR) is 72.4 cm³/mol. The minimum atomic E-state index is -1.31. The third-order valence-electron chi connectivity index (χ3n) is 2.75. The van der Waals surface area contributed by atoms with Crippen LogP contribution in [0.3, 0.4) is 0 Å². The molecule has 0 saturated carbocycles. The van der Waals surface area contributed by atoms with Gasteiger partial charge in [-0.25, -0.2) is 4.39 Å².